The zero-order valence-electron chi connectivity index (χ0n) is 13.6. The summed E-state index contributed by atoms with van der Waals surface area (Å²) in [5.41, 5.74) is 1.42. The molecule has 0 aliphatic heterocycles. The van der Waals surface area contributed by atoms with Gasteiger partial charge in [0.15, 0.2) is 0 Å². The van der Waals surface area contributed by atoms with Crippen LogP contribution in [-0.4, -0.2) is 34.1 Å². The molecule has 0 aromatic carbocycles. The molecule has 0 saturated carbocycles. The third-order valence-corrected chi connectivity index (χ3v) is 8.99. The van der Waals surface area contributed by atoms with E-state index in [1.54, 1.807) is 0 Å². The van der Waals surface area contributed by atoms with Crippen LogP contribution in [0.5, 0.6) is 0 Å². The van der Waals surface area contributed by atoms with Crippen molar-refractivity contribution in [3.63, 3.8) is 0 Å². The van der Waals surface area contributed by atoms with Crippen LogP contribution in [0, 0.1) is 0 Å². The predicted molar refractivity (Wildman–Crippen MR) is 91.0 cm³/mol. The Morgan fingerprint density at radius 3 is 2.52 bits per heavy atom. The zero-order valence-corrected chi connectivity index (χ0v) is 16.8. The summed E-state index contributed by atoms with van der Waals surface area (Å²) in [5, 5.41) is 0. The van der Waals surface area contributed by atoms with E-state index in [0.717, 1.165) is 12.8 Å². The van der Waals surface area contributed by atoms with Crippen LogP contribution in [-0.2, 0) is 13.6 Å². The second kappa shape index (κ2) is 11.0. The van der Waals surface area contributed by atoms with E-state index in [1.165, 1.54) is 39.3 Å². The molecule has 0 saturated heterocycles. The number of allylic oxidation sites excluding steroid dienone is 3. The fraction of sp³-hybridized carbons (Fsp3) is 0.750. The molecule has 1 aliphatic carbocycles. The standard InChI is InChI=1S/C16H29O3PTe/c1-4-7-13-21-16(15-11-9-8-10-12-15)14-20(17,18-5-2)19-6-3/h11,14H,4-10,12-13H2,1-3H3/b16-14-. The molecule has 0 amide bonds. The molecule has 0 atom stereocenters. The van der Waals surface area contributed by atoms with E-state index >= 15 is 0 Å². The van der Waals surface area contributed by atoms with E-state index < -0.39 is 7.60 Å². The van der Waals surface area contributed by atoms with E-state index in [9.17, 15) is 4.57 Å². The van der Waals surface area contributed by atoms with Gasteiger partial charge in [-0.1, -0.05) is 0 Å². The molecule has 0 fully saturated rings. The van der Waals surface area contributed by atoms with Crippen molar-refractivity contribution in [3.05, 3.63) is 21.1 Å². The van der Waals surface area contributed by atoms with Gasteiger partial charge in [-0.15, -0.1) is 0 Å². The van der Waals surface area contributed by atoms with Gasteiger partial charge in [-0.05, 0) is 0 Å². The molecule has 0 aromatic heterocycles. The van der Waals surface area contributed by atoms with Crippen molar-refractivity contribution >= 4 is 28.5 Å². The summed E-state index contributed by atoms with van der Waals surface area (Å²) in [4.78, 5) is 0. The molecule has 3 nitrogen and oxygen atoms in total. The SMILES string of the molecule is CCCC[Te]/C(=C\P(=O)(OCC)OCC)C1=CCCCC1. The first kappa shape index (κ1) is 19.5. The molecular weight excluding hydrogens is 399 g/mol. The monoisotopic (exact) mass is 430 g/mol. The summed E-state index contributed by atoms with van der Waals surface area (Å²) in [6.45, 7) is 6.81. The van der Waals surface area contributed by atoms with Crippen molar-refractivity contribution in [1.82, 2.24) is 0 Å². The van der Waals surface area contributed by atoms with Gasteiger partial charge in [-0.3, -0.25) is 0 Å². The van der Waals surface area contributed by atoms with Crippen LogP contribution in [0.25, 0.3) is 0 Å². The fourth-order valence-electron chi connectivity index (χ4n) is 2.22. The predicted octanol–water partition coefficient (Wildman–Crippen LogP) is 5.52. The van der Waals surface area contributed by atoms with Crippen molar-refractivity contribution < 1.29 is 13.6 Å². The molecule has 0 spiro atoms. The second-order valence-corrected chi connectivity index (χ2v) is 10.1. The maximum atomic E-state index is 12.8. The molecule has 1 rings (SSSR count). The quantitative estimate of drug-likeness (QED) is 0.261. The first-order valence-corrected chi connectivity index (χ1v) is 12.5. The van der Waals surface area contributed by atoms with Crippen LogP contribution in [0.15, 0.2) is 21.1 Å². The Kier molecular flexibility index (Phi) is 10.2. The van der Waals surface area contributed by atoms with Gasteiger partial charge in [0.25, 0.3) is 0 Å². The van der Waals surface area contributed by atoms with Crippen LogP contribution < -0.4 is 0 Å². The van der Waals surface area contributed by atoms with E-state index in [0.29, 0.717) is 13.2 Å². The Morgan fingerprint density at radius 1 is 1.29 bits per heavy atom. The Bertz CT molecular complexity index is 394. The average molecular weight is 428 g/mol. The van der Waals surface area contributed by atoms with Crippen molar-refractivity contribution in [2.24, 2.45) is 0 Å². The van der Waals surface area contributed by atoms with Gasteiger partial charge in [0.1, 0.15) is 0 Å². The molecule has 0 unspecified atom stereocenters. The van der Waals surface area contributed by atoms with Crippen LogP contribution in [0.3, 0.4) is 0 Å². The normalized spacial score (nSPS) is 16.9. The van der Waals surface area contributed by atoms with Gasteiger partial charge in [-0.2, -0.15) is 0 Å². The summed E-state index contributed by atoms with van der Waals surface area (Å²) < 4.78 is 26.3. The third-order valence-electron chi connectivity index (χ3n) is 3.26. The average Bonchev–Trinajstić information content (AvgIpc) is 2.48. The Morgan fingerprint density at radius 2 is 2.00 bits per heavy atom. The summed E-state index contributed by atoms with van der Waals surface area (Å²) in [6.07, 6.45) is 9.64. The number of hydrogen-bond donors (Lipinski definition) is 0. The molecule has 0 heterocycles. The van der Waals surface area contributed by atoms with E-state index in [2.05, 4.69) is 13.0 Å². The fourth-order valence-corrected chi connectivity index (χ4v) is 8.35. The van der Waals surface area contributed by atoms with Crippen LogP contribution in [0.4, 0.5) is 0 Å². The molecule has 0 radical (unpaired) electrons. The summed E-state index contributed by atoms with van der Waals surface area (Å²) in [5.74, 6) is 1.86. The van der Waals surface area contributed by atoms with Crippen molar-refractivity contribution in [3.8, 4) is 0 Å². The molecule has 21 heavy (non-hydrogen) atoms. The van der Waals surface area contributed by atoms with E-state index in [1.807, 2.05) is 19.7 Å². The molecule has 1 aliphatic rings. The Balaban J connectivity index is 2.93. The van der Waals surface area contributed by atoms with Crippen molar-refractivity contribution in [1.29, 1.82) is 0 Å². The molecule has 122 valence electrons. The minimum atomic E-state index is -3.06. The minimum absolute atomic E-state index is 0.297. The van der Waals surface area contributed by atoms with Gasteiger partial charge in [0, 0.05) is 0 Å². The summed E-state index contributed by atoms with van der Waals surface area (Å²) in [7, 11) is -3.06. The third kappa shape index (κ3) is 7.49. The molecule has 0 bridgehead atoms. The van der Waals surface area contributed by atoms with Crippen molar-refractivity contribution in [2.75, 3.05) is 13.2 Å². The van der Waals surface area contributed by atoms with Gasteiger partial charge in [-0.25, -0.2) is 0 Å². The number of rotatable bonds is 10. The first-order chi connectivity index (χ1) is 10.1. The van der Waals surface area contributed by atoms with E-state index in [-0.39, 0.29) is 20.9 Å². The second-order valence-electron chi connectivity index (χ2n) is 5.05. The topological polar surface area (TPSA) is 35.5 Å². The number of hydrogen-bond acceptors (Lipinski definition) is 3. The summed E-state index contributed by atoms with van der Waals surface area (Å²) in [6, 6.07) is 0. The van der Waals surface area contributed by atoms with Gasteiger partial charge < -0.3 is 0 Å². The van der Waals surface area contributed by atoms with Crippen molar-refractivity contribution in [2.45, 2.75) is 63.8 Å². The van der Waals surface area contributed by atoms with Crippen LogP contribution in [0.1, 0.15) is 59.3 Å². The molecule has 5 heteroatoms. The Hall–Kier alpha value is 0.420. The Labute approximate surface area is 140 Å². The van der Waals surface area contributed by atoms with Gasteiger partial charge in [0.2, 0.25) is 0 Å². The van der Waals surface area contributed by atoms with E-state index in [4.69, 9.17) is 9.05 Å². The first-order valence-electron chi connectivity index (χ1n) is 8.09. The zero-order chi connectivity index (χ0) is 15.6. The number of unbranched alkanes of at least 4 members (excludes halogenated alkanes) is 1. The molecule has 0 N–H and O–H groups in total. The maximum absolute atomic E-state index is 12.8. The van der Waals surface area contributed by atoms with Crippen LogP contribution in [0.2, 0.25) is 4.47 Å². The van der Waals surface area contributed by atoms with Gasteiger partial charge in [0.05, 0.1) is 0 Å². The molecule has 0 aromatic rings. The van der Waals surface area contributed by atoms with Crippen LogP contribution >= 0.6 is 7.60 Å². The summed E-state index contributed by atoms with van der Waals surface area (Å²) >= 11 is -0.297. The van der Waals surface area contributed by atoms with Gasteiger partial charge >= 0.3 is 140 Å². The molecular formula is C16H29O3PTe.